The van der Waals surface area contributed by atoms with Gasteiger partial charge in [0.25, 0.3) is 7.55 Å². The predicted octanol–water partition coefficient (Wildman–Crippen LogP) is -2.33. The smallest absolute Gasteiger partial charge is 0.332 e. The van der Waals surface area contributed by atoms with Crippen LogP contribution in [-0.4, -0.2) is 27.4 Å². The van der Waals surface area contributed by atoms with E-state index in [1.54, 1.807) is 27.4 Å². The Labute approximate surface area is 51.1 Å². The van der Waals surface area contributed by atoms with Crippen molar-refractivity contribution in [3.63, 3.8) is 0 Å². The second-order valence-electron chi connectivity index (χ2n) is 1.27. The molecule has 0 aliphatic carbocycles. The van der Waals surface area contributed by atoms with Crippen LogP contribution in [0.3, 0.4) is 0 Å². The van der Waals surface area contributed by atoms with Crippen LogP contribution in [0.15, 0.2) is 0 Å². The van der Waals surface area contributed by atoms with Crippen LogP contribution in [0.2, 0.25) is 0 Å². The molecule has 1 aliphatic rings. The fraction of sp³-hybridized carbons (Fsp3) is 0. The first-order chi connectivity index (χ1) is 3.93. The summed E-state index contributed by atoms with van der Waals surface area (Å²) in [7, 11) is 5.00. The van der Waals surface area contributed by atoms with Crippen LogP contribution >= 0.6 is 0 Å². The third kappa shape index (κ3) is 1.22. The molecule has 0 aromatic carbocycles. The lowest BCUT2D eigenvalue weighted by Gasteiger charge is -2.19. The molecule has 3 nitrogen and oxygen atoms in total. The zero-order valence-corrected chi connectivity index (χ0v) is 4.26. The normalized spacial score (nSPS) is 17.1. The molecule has 0 bridgehead atoms. The molecule has 0 aromatic rings. The third-order valence-corrected chi connectivity index (χ3v) is 0.743. The Morgan fingerprint density at radius 2 is 2.00 bits per heavy atom. The number of nitrogens with one attached hydrogen (secondary N) is 2. The second kappa shape index (κ2) is 2.70. The Balaban J connectivity index is 2.25. The molecule has 8 heavy (non-hydrogen) atoms. The van der Waals surface area contributed by atoms with Gasteiger partial charge in [0.1, 0.15) is 0 Å². The van der Waals surface area contributed by atoms with Gasteiger partial charge in [-0.05, 0) is 6.04 Å². The molecule has 0 amide bonds. The molecule has 1 saturated heterocycles. The fourth-order valence-corrected chi connectivity index (χ4v) is 0.395. The van der Waals surface area contributed by atoms with Gasteiger partial charge in [-0.25, -0.2) is 0 Å². The Hall–Kier alpha value is -0.525. The summed E-state index contributed by atoms with van der Waals surface area (Å²) in [5.41, 5.74) is 0. The molecule has 1 aliphatic heterocycles. The summed E-state index contributed by atoms with van der Waals surface area (Å²) in [5.74, 6) is 0. The molecule has 35 valence electrons. The van der Waals surface area contributed by atoms with E-state index in [2.05, 4.69) is 16.3 Å². The van der Waals surface area contributed by atoms with E-state index in [0.717, 1.165) is 0 Å². The number of nitrogens with zero attached hydrogens (tertiary/aromatic N) is 1. The van der Waals surface area contributed by atoms with E-state index in [0.29, 0.717) is 0 Å². The van der Waals surface area contributed by atoms with Gasteiger partial charge in [-0.15, -0.1) is 0 Å². The molecule has 1 fully saturated rings. The highest BCUT2D eigenvalue weighted by Gasteiger charge is 2.09. The summed E-state index contributed by atoms with van der Waals surface area (Å²) in [5, 5.41) is 5.55. The van der Waals surface area contributed by atoms with Crippen LogP contribution in [0.1, 0.15) is 0 Å². The van der Waals surface area contributed by atoms with Crippen molar-refractivity contribution >= 4 is 22.6 Å². The van der Waals surface area contributed by atoms with E-state index in [9.17, 15) is 0 Å². The lowest BCUT2D eigenvalue weighted by Crippen LogP contribution is -2.55. The highest BCUT2D eigenvalue weighted by Crippen LogP contribution is 1.73. The van der Waals surface area contributed by atoms with Crippen molar-refractivity contribution in [2.45, 2.75) is 0 Å². The Bertz CT molecular complexity index is 104. The van der Waals surface area contributed by atoms with E-state index in [4.69, 9.17) is 6.42 Å². The summed E-state index contributed by atoms with van der Waals surface area (Å²) < 4.78 is 1.54. The van der Waals surface area contributed by atoms with Gasteiger partial charge in [0.2, 0.25) is 0 Å². The summed E-state index contributed by atoms with van der Waals surface area (Å²) in [6.45, 7) is 0. The molecule has 0 aromatic heterocycles. The summed E-state index contributed by atoms with van der Waals surface area (Å²) >= 11 is 0. The SMILES string of the molecule is C#CN1[B]N[B]N[B]1. The molecule has 3 radical (unpaired) electrons. The van der Waals surface area contributed by atoms with Gasteiger partial charge in [0.15, 0.2) is 0 Å². The highest BCUT2D eigenvalue weighted by atomic mass is 15.1. The van der Waals surface area contributed by atoms with Gasteiger partial charge in [-0.3, -0.25) is 0 Å². The van der Waals surface area contributed by atoms with E-state index in [1.807, 2.05) is 0 Å². The average molecular weight is 102 g/mol. The van der Waals surface area contributed by atoms with Crippen LogP contribution < -0.4 is 10.3 Å². The van der Waals surface area contributed by atoms with Crippen LogP contribution in [0, 0.1) is 12.5 Å². The van der Waals surface area contributed by atoms with Crippen molar-refractivity contribution in [3.8, 4) is 12.5 Å². The minimum absolute atomic E-state index is 1.54. The first-order valence-electron chi connectivity index (χ1n) is 2.18. The molecular weight excluding hydrogens is 98.5 g/mol. The molecule has 1 rings (SSSR count). The van der Waals surface area contributed by atoms with Crippen LogP contribution in [0.4, 0.5) is 0 Å². The van der Waals surface area contributed by atoms with Crippen molar-refractivity contribution in [2.24, 2.45) is 0 Å². The van der Waals surface area contributed by atoms with E-state index < -0.39 is 0 Å². The Morgan fingerprint density at radius 3 is 2.38 bits per heavy atom. The number of terminal acetylenes is 1. The minimum Gasteiger partial charge on any atom is -0.399 e. The maximum atomic E-state index is 5.02. The monoisotopic (exact) mass is 102 g/mol. The Morgan fingerprint density at radius 1 is 1.38 bits per heavy atom. The first-order valence-corrected chi connectivity index (χ1v) is 2.18. The maximum Gasteiger partial charge on any atom is 0.332 e. The quantitative estimate of drug-likeness (QED) is 0.265. The van der Waals surface area contributed by atoms with Crippen molar-refractivity contribution < 1.29 is 0 Å². The fourth-order valence-electron chi connectivity index (χ4n) is 0.395. The minimum atomic E-state index is 1.54. The number of hydrogen-bond acceptors (Lipinski definition) is 3. The molecule has 0 atom stereocenters. The van der Waals surface area contributed by atoms with Crippen LogP contribution in [0.5, 0.6) is 0 Å². The van der Waals surface area contributed by atoms with Gasteiger partial charge >= 0.3 is 15.1 Å². The zero-order chi connectivity index (χ0) is 5.82. The Kier molecular flexibility index (Phi) is 1.89. The zero-order valence-electron chi connectivity index (χ0n) is 4.26. The summed E-state index contributed by atoms with van der Waals surface area (Å²) in [6.07, 6.45) is 5.02. The highest BCUT2D eigenvalue weighted by molar-refractivity contribution is 6.65. The largest absolute Gasteiger partial charge is 0.399 e. The van der Waals surface area contributed by atoms with Gasteiger partial charge in [-0.2, -0.15) is 0 Å². The second-order valence-corrected chi connectivity index (χ2v) is 1.27. The van der Waals surface area contributed by atoms with E-state index >= 15 is 0 Å². The van der Waals surface area contributed by atoms with Gasteiger partial charge in [-0.1, -0.05) is 6.42 Å². The van der Waals surface area contributed by atoms with Crippen molar-refractivity contribution in [3.05, 3.63) is 0 Å². The molecule has 6 heteroatoms. The summed E-state index contributed by atoms with van der Waals surface area (Å²) in [4.78, 5) is 0. The van der Waals surface area contributed by atoms with Gasteiger partial charge in [0.05, 0.1) is 0 Å². The molecular formula is C2H3B3N3. The van der Waals surface area contributed by atoms with Crippen molar-refractivity contribution in [2.75, 3.05) is 0 Å². The van der Waals surface area contributed by atoms with Crippen molar-refractivity contribution in [1.82, 2.24) is 15.0 Å². The molecule has 1 heterocycles. The molecule has 0 saturated carbocycles. The molecule has 0 unspecified atom stereocenters. The molecule has 2 N–H and O–H groups in total. The third-order valence-electron chi connectivity index (χ3n) is 0.743. The first kappa shape index (κ1) is 5.61. The van der Waals surface area contributed by atoms with E-state index in [1.165, 1.54) is 0 Å². The van der Waals surface area contributed by atoms with Crippen LogP contribution in [0.25, 0.3) is 0 Å². The van der Waals surface area contributed by atoms with Gasteiger partial charge in [0, 0.05) is 0 Å². The van der Waals surface area contributed by atoms with Crippen molar-refractivity contribution in [1.29, 1.82) is 0 Å². The predicted molar refractivity (Wildman–Crippen MR) is 34.2 cm³/mol. The maximum absolute atomic E-state index is 5.02. The number of rotatable bonds is 0. The average Bonchev–Trinajstić information content (AvgIpc) is 1.90. The standard InChI is InChI=1S/C2H3B3N3/c1-2-8-4-6-3-7-5-8/h1,6-7H. The van der Waals surface area contributed by atoms with E-state index in [-0.39, 0.29) is 0 Å². The lowest BCUT2D eigenvalue weighted by atomic mass is 9.82. The topological polar surface area (TPSA) is 27.3 Å². The summed E-state index contributed by atoms with van der Waals surface area (Å²) in [6, 6.07) is 2.38. The number of hydrogen-bond donors (Lipinski definition) is 2. The molecule has 0 spiro atoms. The van der Waals surface area contributed by atoms with Gasteiger partial charge < -0.3 is 15.0 Å². The van der Waals surface area contributed by atoms with Crippen LogP contribution in [-0.2, 0) is 0 Å². The lowest BCUT2D eigenvalue weighted by molar-refractivity contribution is 0.934.